The summed E-state index contributed by atoms with van der Waals surface area (Å²) in [5.41, 5.74) is 0.532. The zero-order valence-electron chi connectivity index (χ0n) is 14.1. The van der Waals surface area contributed by atoms with Crippen molar-refractivity contribution in [3.05, 3.63) is 46.0 Å². The molecule has 0 unspecified atom stereocenters. The Hall–Kier alpha value is -2.13. The second kappa shape index (κ2) is 7.63. The quantitative estimate of drug-likeness (QED) is 0.878. The van der Waals surface area contributed by atoms with Crippen LogP contribution in [0.15, 0.2) is 24.3 Å². The summed E-state index contributed by atoms with van der Waals surface area (Å²) in [6.45, 7) is 4.66. The minimum absolute atomic E-state index is 0.154. The van der Waals surface area contributed by atoms with Gasteiger partial charge in [-0.2, -0.15) is 13.2 Å². The molecule has 0 radical (unpaired) electrons. The van der Waals surface area contributed by atoms with Gasteiger partial charge in [0.25, 0.3) is 5.91 Å². The molecule has 1 aromatic carbocycles. The number of hydrogen-bond acceptors (Lipinski definition) is 5. The van der Waals surface area contributed by atoms with Crippen LogP contribution in [0.1, 0.15) is 26.5 Å². The monoisotopic (exact) mass is 385 g/mol. The number of morpholine rings is 1. The summed E-state index contributed by atoms with van der Waals surface area (Å²) in [5.74, 6) is -0.278. The Kier molecular flexibility index (Phi) is 5.47. The van der Waals surface area contributed by atoms with Gasteiger partial charge in [-0.15, -0.1) is 0 Å². The third-order valence-electron chi connectivity index (χ3n) is 4.01. The molecule has 1 fully saturated rings. The summed E-state index contributed by atoms with van der Waals surface area (Å²) in [5, 5.41) is 3.52. The Morgan fingerprint density at radius 2 is 1.92 bits per heavy atom. The highest BCUT2D eigenvalue weighted by Crippen LogP contribution is 2.29. The minimum atomic E-state index is -4.36. The fourth-order valence-corrected chi connectivity index (χ4v) is 3.59. The molecule has 0 aliphatic carbocycles. The van der Waals surface area contributed by atoms with Crippen LogP contribution in [0.3, 0.4) is 0 Å². The Morgan fingerprint density at radius 1 is 1.27 bits per heavy atom. The second-order valence-electron chi connectivity index (χ2n) is 5.89. The molecule has 1 saturated heterocycles. The van der Waals surface area contributed by atoms with Crippen LogP contribution in [0.2, 0.25) is 0 Å². The molecule has 9 heteroatoms. The fraction of sp³-hybridized carbons (Fsp3) is 0.412. The number of carbonyl (C=O) groups is 1. The van der Waals surface area contributed by atoms with Crippen LogP contribution in [0.4, 0.5) is 18.3 Å². The molecular weight excluding hydrogens is 367 g/mol. The topological polar surface area (TPSA) is 54.5 Å². The number of ether oxygens (including phenoxy) is 1. The predicted octanol–water partition coefficient (Wildman–Crippen LogP) is 3.24. The average Bonchev–Trinajstić information content (AvgIpc) is 3.02. The number of amides is 1. The first-order valence-corrected chi connectivity index (χ1v) is 8.90. The van der Waals surface area contributed by atoms with Crippen molar-refractivity contribution < 1.29 is 22.7 Å². The van der Waals surface area contributed by atoms with Crippen molar-refractivity contribution in [2.75, 3.05) is 31.2 Å². The molecule has 0 atom stereocenters. The summed E-state index contributed by atoms with van der Waals surface area (Å²) < 4.78 is 43.0. The predicted molar refractivity (Wildman–Crippen MR) is 92.5 cm³/mol. The van der Waals surface area contributed by atoms with Crippen molar-refractivity contribution in [1.82, 2.24) is 10.3 Å². The van der Waals surface area contributed by atoms with Crippen LogP contribution < -0.4 is 10.2 Å². The number of nitrogens with one attached hydrogen (secondary N) is 1. The van der Waals surface area contributed by atoms with Crippen LogP contribution in [-0.2, 0) is 17.5 Å². The minimum Gasteiger partial charge on any atom is -0.378 e. The number of hydrogen-bond donors (Lipinski definition) is 1. The number of nitrogens with zero attached hydrogens (tertiary/aromatic N) is 2. The van der Waals surface area contributed by atoms with Crippen molar-refractivity contribution in [1.29, 1.82) is 0 Å². The standard InChI is InChI=1S/C17H18F3N3O2S/c1-11-14(26-16(22-11)23-6-8-25-9-7-23)15(24)21-10-12-2-4-13(5-3-12)17(18,19)20/h2-5H,6-10H2,1H3,(H,21,24). The molecule has 2 aromatic rings. The maximum absolute atomic E-state index is 12.6. The summed E-state index contributed by atoms with van der Waals surface area (Å²) in [6, 6.07) is 4.75. The van der Waals surface area contributed by atoms with Crippen LogP contribution in [0.5, 0.6) is 0 Å². The van der Waals surface area contributed by atoms with Crippen molar-refractivity contribution in [2.45, 2.75) is 19.6 Å². The van der Waals surface area contributed by atoms with Gasteiger partial charge in [0.05, 0.1) is 24.5 Å². The zero-order valence-corrected chi connectivity index (χ0v) is 14.9. The van der Waals surface area contributed by atoms with E-state index in [-0.39, 0.29) is 12.5 Å². The summed E-state index contributed by atoms with van der Waals surface area (Å²) in [6.07, 6.45) is -4.36. The SMILES string of the molecule is Cc1nc(N2CCOCC2)sc1C(=O)NCc1ccc(C(F)(F)F)cc1. The first kappa shape index (κ1) is 18.7. The van der Waals surface area contributed by atoms with Gasteiger partial charge in [-0.25, -0.2) is 4.98 Å². The second-order valence-corrected chi connectivity index (χ2v) is 6.87. The molecule has 1 amide bonds. The molecule has 0 bridgehead atoms. The van der Waals surface area contributed by atoms with E-state index in [9.17, 15) is 18.0 Å². The zero-order chi connectivity index (χ0) is 18.7. The molecule has 5 nitrogen and oxygen atoms in total. The van der Waals surface area contributed by atoms with E-state index >= 15 is 0 Å². The summed E-state index contributed by atoms with van der Waals surface area (Å²) in [4.78, 5) is 19.4. The third kappa shape index (κ3) is 4.34. The number of carbonyl (C=O) groups excluding carboxylic acids is 1. The van der Waals surface area contributed by atoms with E-state index in [0.29, 0.717) is 29.3 Å². The van der Waals surface area contributed by atoms with Crippen molar-refractivity contribution in [3.63, 3.8) is 0 Å². The lowest BCUT2D eigenvalue weighted by molar-refractivity contribution is -0.137. The Morgan fingerprint density at radius 3 is 2.54 bits per heavy atom. The maximum Gasteiger partial charge on any atom is 0.416 e. The fourth-order valence-electron chi connectivity index (χ4n) is 2.56. The van der Waals surface area contributed by atoms with E-state index in [4.69, 9.17) is 4.74 Å². The Balaban J connectivity index is 1.62. The van der Waals surface area contributed by atoms with Crippen molar-refractivity contribution >= 4 is 22.4 Å². The molecule has 0 saturated carbocycles. The number of benzene rings is 1. The number of aromatic nitrogens is 1. The van der Waals surface area contributed by atoms with Gasteiger partial charge in [0.1, 0.15) is 4.88 Å². The van der Waals surface area contributed by atoms with Gasteiger partial charge in [0, 0.05) is 19.6 Å². The van der Waals surface area contributed by atoms with Gasteiger partial charge in [0.2, 0.25) is 0 Å². The lowest BCUT2D eigenvalue weighted by Gasteiger charge is -2.25. The molecule has 1 aliphatic rings. The number of anilines is 1. The number of halogens is 3. The van der Waals surface area contributed by atoms with Crippen LogP contribution in [0, 0.1) is 6.92 Å². The van der Waals surface area contributed by atoms with E-state index in [1.165, 1.54) is 23.5 Å². The molecule has 1 N–H and O–H groups in total. The molecule has 2 heterocycles. The molecular formula is C17H18F3N3O2S. The van der Waals surface area contributed by atoms with E-state index in [2.05, 4.69) is 15.2 Å². The van der Waals surface area contributed by atoms with E-state index in [0.717, 1.165) is 30.4 Å². The van der Waals surface area contributed by atoms with E-state index in [1.54, 1.807) is 6.92 Å². The maximum atomic E-state index is 12.6. The third-order valence-corrected chi connectivity index (χ3v) is 5.22. The Labute approximate surface area is 152 Å². The van der Waals surface area contributed by atoms with Gasteiger partial charge in [-0.1, -0.05) is 23.5 Å². The van der Waals surface area contributed by atoms with Gasteiger partial charge < -0.3 is 15.0 Å². The molecule has 3 rings (SSSR count). The van der Waals surface area contributed by atoms with Crippen LogP contribution in [-0.4, -0.2) is 37.2 Å². The lowest BCUT2D eigenvalue weighted by atomic mass is 10.1. The van der Waals surface area contributed by atoms with E-state index in [1.807, 2.05) is 0 Å². The van der Waals surface area contributed by atoms with Crippen LogP contribution in [0.25, 0.3) is 0 Å². The number of aryl methyl sites for hydroxylation is 1. The molecule has 1 aromatic heterocycles. The first-order chi connectivity index (χ1) is 12.3. The average molecular weight is 385 g/mol. The summed E-state index contributed by atoms with van der Waals surface area (Å²) >= 11 is 1.31. The van der Waals surface area contributed by atoms with Gasteiger partial charge in [-0.3, -0.25) is 4.79 Å². The Bertz CT molecular complexity index is 769. The molecule has 26 heavy (non-hydrogen) atoms. The van der Waals surface area contributed by atoms with Crippen molar-refractivity contribution in [2.24, 2.45) is 0 Å². The van der Waals surface area contributed by atoms with Gasteiger partial charge in [-0.05, 0) is 24.6 Å². The van der Waals surface area contributed by atoms with Gasteiger partial charge >= 0.3 is 6.18 Å². The lowest BCUT2D eigenvalue weighted by Crippen LogP contribution is -2.36. The molecule has 140 valence electrons. The van der Waals surface area contributed by atoms with Crippen molar-refractivity contribution in [3.8, 4) is 0 Å². The van der Waals surface area contributed by atoms with Crippen LogP contribution >= 0.6 is 11.3 Å². The highest BCUT2D eigenvalue weighted by Gasteiger charge is 2.30. The number of alkyl halides is 3. The molecule has 1 aliphatic heterocycles. The van der Waals surface area contributed by atoms with E-state index < -0.39 is 11.7 Å². The molecule has 0 spiro atoms. The first-order valence-electron chi connectivity index (χ1n) is 8.09. The normalized spacial score (nSPS) is 15.2. The largest absolute Gasteiger partial charge is 0.416 e. The highest BCUT2D eigenvalue weighted by molar-refractivity contribution is 7.17. The summed E-state index contributed by atoms with van der Waals surface area (Å²) in [7, 11) is 0. The number of thiazole rings is 1. The highest BCUT2D eigenvalue weighted by atomic mass is 32.1. The smallest absolute Gasteiger partial charge is 0.378 e. The number of rotatable bonds is 4. The van der Waals surface area contributed by atoms with Gasteiger partial charge in [0.15, 0.2) is 5.13 Å².